The van der Waals surface area contributed by atoms with Crippen molar-refractivity contribution in [3.63, 3.8) is 0 Å². The zero-order valence-electron chi connectivity index (χ0n) is 13.2. The molecule has 0 saturated heterocycles. The van der Waals surface area contributed by atoms with Crippen molar-refractivity contribution in [2.75, 3.05) is 11.1 Å². The molecule has 2 aromatic rings. The monoisotopic (exact) mass is 350 g/mol. The number of carbonyl (C=O) groups excluding carboxylic acids is 2. The van der Waals surface area contributed by atoms with Gasteiger partial charge in [-0.05, 0) is 49.2 Å². The van der Waals surface area contributed by atoms with E-state index in [2.05, 4.69) is 10.6 Å². The van der Waals surface area contributed by atoms with E-state index >= 15 is 0 Å². The fourth-order valence-electron chi connectivity index (χ4n) is 1.92. The topological polar surface area (TPSA) is 58.2 Å². The second-order valence-corrected chi connectivity index (χ2v) is 6.16. The van der Waals surface area contributed by atoms with Gasteiger partial charge in [-0.15, -0.1) is 11.8 Å². The largest absolute Gasteiger partial charge is 0.325 e. The molecule has 0 spiro atoms. The van der Waals surface area contributed by atoms with E-state index in [4.69, 9.17) is 0 Å². The highest BCUT2D eigenvalue weighted by molar-refractivity contribution is 8.00. The summed E-state index contributed by atoms with van der Waals surface area (Å²) < 4.78 is 25.9. The van der Waals surface area contributed by atoms with E-state index in [-0.39, 0.29) is 5.75 Å². The number of thioether (sulfide) groups is 1. The summed E-state index contributed by atoms with van der Waals surface area (Å²) in [5.74, 6) is -2.55. The van der Waals surface area contributed by atoms with Crippen LogP contribution < -0.4 is 10.6 Å². The van der Waals surface area contributed by atoms with Crippen LogP contribution in [0.3, 0.4) is 0 Å². The second-order valence-electron chi connectivity index (χ2n) is 5.11. The third-order valence-corrected chi connectivity index (χ3v) is 4.36. The molecule has 0 bridgehead atoms. The summed E-state index contributed by atoms with van der Waals surface area (Å²) in [6.45, 7) is 3.79. The summed E-state index contributed by atoms with van der Waals surface area (Å²) in [6, 6.07) is 8.18. The SMILES string of the molecule is Cc1cccc(NC(=O)NC(=O)CSc2ccc(F)c(F)c2)c1C. The Kier molecular flexibility index (Phi) is 5.92. The van der Waals surface area contributed by atoms with Gasteiger partial charge in [0.15, 0.2) is 11.6 Å². The van der Waals surface area contributed by atoms with Crippen LogP contribution in [0.15, 0.2) is 41.3 Å². The summed E-state index contributed by atoms with van der Waals surface area (Å²) in [5.41, 5.74) is 2.55. The van der Waals surface area contributed by atoms with Crippen LogP contribution in [0.5, 0.6) is 0 Å². The molecular weight excluding hydrogens is 334 g/mol. The molecule has 2 N–H and O–H groups in total. The van der Waals surface area contributed by atoms with Crippen LogP contribution >= 0.6 is 11.8 Å². The zero-order valence-corrected chi connectivity index (χ0v) is 14.0. The maximum atomic E-state index is 13.1. The molecule has 24 heavy (non-hydrogen) atoms. The first kappa shape index (κ1) is 17.9. The standard InChI is InChI=1S/C17H16F2N2O2S/c1-10-4-3-5-15(11(10)2)20-17(23)21-16(22)9-24-12-6-7-13(18)14(19)8-12/h3-8H,9H2,1-2H3,(H2,20,21,22,23). The number of amides is 3. The minimum atomic E-state index is -0.979. The Morgan fingerprint density at radius 2 is 1.83 bits per heavy atom. The molecule has 0 unspecified atom stereocenters. The Labute approximate surface area is 142 Å². The molecule has 0 heterocycles. The lowest BCUT2D eigenvalue weighted by molar-refractivity contribution is -0.117. The number of anilines is 1. The number of aryl methyl sites for hydroxylation is 1. The van der Waals surface area contributed by atoms with Crippen molar-refractivity contribution < 1.29 is 18.4 Å². The Morgan fingerprint density at radius 3 is 2.54 bits per heavy atom. The summed E-state index contributed by atoms with van der Waals surface area (Å²) in [7, 11) is 0. The first-order valence-electron chi connectivity index (χ1n) is 7.11. The second kappa shape index (κ2) is 7.92. The lowest BCUT2D eigenvalue weighted by Crippen LogP contribution is -2.35. The lowest BCUT2D eigenvalue weighted by atomic mass is 10.1. The van der Waals surface area contributed by atoms with Crippen molar-refractivity contribution in [3.05, 3.63) is 59.2 Å². The predicted molar refractivity (Wildman–Crippen MR) is 90.2 cm³/mol. The maximum Gasteiger partial charge on any atom is 0.325 e. The van der Waals surface area contributed by atoms with E-state index in [1.54, 1.807) is 12.1 Å². The quantitative estimate of drug-likeness (QED) is 0.819. The van der Waals surface area contributed by atoms with E-state index in [1.165, 1.54) is 6.07 Å². The molecule has 7 heteroatoms. The van der Waals surface area contributed by atoms with Crippen molar-refractivity contribution in [2.24, 2.45) is 0 Å². The third-order valence-electron chi connectivity index (χ3n) is 3.37. The number of halogens is 2. The average molecular weight is 350 g/mol. The molecule has 0 aliphatic heterocycles. The summed E-state index contributed by atoms with van der Waals surface area (Å²) >= 11 is 1.01. The van der Waals surface area contributed by atoms with Crippen LogP contribution in [0.4, 0.5) is 19.3 Å². The average Bonchev–Trinajstić information content (AvgIpc) is 2.53. The zero-order chi connectivity index (χ0) is 17.7. The molecule has 4 nitrogen and oxygen atoms in total. The van der Waals surface area contributed by atoms with Crippen LogP contribution in [-0.2, 0) is 4.79 Å². The van der Waals surface area contributed by atoms with Gasteiger partial charge in [0.2, 0.25) is 5.91 Å². The van der Waals surface area contributed by atoms with Crippen LogP contribution in [0.25, 0.3) is 0 Å². The summed E-state index contributed by atoms with van der Waals surface area (Å²) in [4.78, 5) is 24.0. The molecule has 2 rings (SSSR count). The van der Waals surface area contributed by atoms with E-state index in [9.17, 15) is 18.4 Å². The molecule has 0 aliphatic carbocycles. The Morgan fingerprint density at radius 1 is 1.08 bits per heavy atom. The maximum absolute atomic E-state index is 13.1. The van der Waals surface area contributed by atoms with Gasteiger partial charge in [0, 0.05) is 10.6 Å². The van der Waals surface area contributed by atoms with Crippen LogP contribution in [0.1, 0.15) is 11.1 Å². The predicted octanol–water partition coefficient (Wildman–Crippen LogP) is 4.02. The van der Waals surface area contributed by atoms with Gasteiger partial charge in [-0.1, -0.05) is 12.1 Å². The number of hydrogen-bond acceptors (Lipinski definition) is 3. The molecule has 0 fully saturated rings. The number of urea groups is 1. The fourth-order valence-corrected chi connectivity index (χ4v) is 2.64. The normalized spacial score (nSPS) is 10.3. The van der Waals surface area contributed by atoms with Gasteiger partial charge >= 0.3 is 6.03 Å². The number of carbonyl (C=O) groups is 2. The van der Waals surface area contributed by atoms with Crippen molar-refractivity contribution in [2.45, 2.75) is 18.7 Å². The van der Waals surface area contributed by atoms with Gasteiger partial charge in [0.25, 0.3) is 0 Å². The fraction of sp³-hybridized carbons (Fsp3) is 0.176. The Hall–Kier alpha value is -2.41. The van der Waals surface area contributed by atoms with Gasteiger partial charge in [0.1, 0.15) is 0 Å². The smallest absolute Gasteiger partial charge is 0.307 e. The van der Waals surface area contributed by atoms with E-state index in [1.807, 2.05) is 19.9 Å². The summed E-state index contributed by atoms with van der Waals surface area (Å²) in [5, 5.41) is 4.80. The van der Waals surface area contributed by atoms with Gasteiger partial charge in [-0.3, -0.25) is 10.1 Å². The minimum absolute atomic E-state index is 0.0920. The molecule has 0 aromatic heterocycles. The molecule has 0 aliphatic rings. The third kappa shape index (κ3) is 4.79. The van der Waals surface area contributed by atoms with Crippen LogP contribution in [0, 0.1) is 25.5 Å². The highest BCUT2D eigenvalue weighted by atomic mass is 32.2. The highest BCUT2D eigenvalue weighted by Crippen LogP contribution is 2.20. The van der Waals surface area contributed by atoms with Crippen molar-refractivity contribution in [1.82, 2.24) is 5.32 Å². The molecule has 126 valence electrons. The van der Waals surface area contributed by atoms with Gasteiger partial charge in [-0.25, -0.2) is 13.6 Å². The van der Waals surface area contributed by atoms with Gasteiger partial charge in [0.05, 0.1) is 5.75 Å². The molecule has 0 atom stereocenters. The van der Waals surface area contributed by atoms with E-state index < -0.39 is 23.6 Å². The number of imide groups is 1. The van der Waals surface area contributed by atoms with Crippen molar-refractivity contribution >= 4 is 29.4 Å². The number of hydrogen-bond donors (Lipinski definition) is 2. The molecular formula is C17H16F2N2O2S. The first-order valence-corrected chi connectivity index (χ1v) is 8.10. The highest BCUT2D eigenvalue weighted by Gasteiger charge is 2.11. The van der Waals surface area contributed by atoms with Gasteiger partial charge in [-0.2, -0.15) is 0 Å². The van der Waals surface area contributed by atoms with Gasteiger partial charge < -0.3 is 5.32 Å². The lowest BCUT2D eigenvalue weighted by Gasteiger charge is -2.10. The molecule has 2 aromatic carbocycles. The van der Waals surface area contributed by atoms with Crippen LogP contribution in [-0.4, -0.2) is 17.7 Å². The molecule has 0 saturated carbocycles. The number of rotatable bonds is 4. The van der Waals surface area contributed by atoms with Crippen molar-refractivity contribution in [1.29, 1.82) is 0 Å². The Balaban J connectivity index is 1.86. The molecule has 0 radical (unpaired) electrons. The van der Waals surface area contributed by atoms with E-state index in [0.717, 1.165) is 35.0 Å². The molecule has 3 amide bonds. The van der Waals surface area contributed by atoms with E-state index in [0.29, 0.717) is 10.6 Å². The Bertz CT molecular complexity index is 781. The summed E-state index contributed by atoms with van der Waals surface area (Å²) in [6.07, 6.45) is 0. The van der Waals surface area contributed by atoms with Crippen molar-refractivity contribution in [3.8, 4) is 0 Å². The number of nitrogens with one attached hydrogen (secondary N) is 2. The minimum Gasteiger partial charge on any atom is -0.307 e. The van der Waals surface area contributed by atoms with Crippen LogP contribution in [0.2, 0.25) is 0 Å². The number of benzene rings is 2. The first-order chi connectivity index (χ1) is 11.4.